The van der Waals surface area contributed by atoms with E-state index in [9.17, 15) is 9.18 Å². The molecule has 2 aromatic rings. The van der Waals surface area contributed by atoms with Crippen molar-refractivity contribution in [3.8, 4) is 5.69 Å². The number of halogens is 1. The molecule has 19 heavy (non-hydrogen) atoms. The molecule has 0 aliphatic rings. The van der Waals surface area contributed by atoms with Crippen molar-refractivity contribution >= 4 is 5.97 Å². The molecule has 1 aromatic heterocycles. The third-order valence-electron chi connectivity index (χ3n) is 2.99. The first-order valence-corrected chi connectivity index (χ1v) is 5.77. The maximum absolute atomic E-state index is 14.0. The van der Waals surface area contributed by atoms with Gasteiger partial charge in [0.1, 0.15) is 24.2 Å². The number of carbonyl (C=O) groups is 1. The van der Waals surface area contributed by atoms with Gasteiger partial charge in [0, 0.05) is 5.41 Å². The highest BCUT2D eigenvalue weighted by Crippen LogP contribution is 2.29. The zero-order valence-corrected chi connectivity index (χ0v) is 10.7. The molecule has 0 amide bonds. The summed E-state index contributed by atoms with van der Waals surface area (Å²) < 4.78 is 15.4. The maximum Gasteiger partial charge on any atom is 0.304 e. The molecule has 100 valence electrons. The number of aliphatic carboxylic acids is 1. The maximum atomic E-state index is 14.0. The van der Waals surface area contributed by atoms with Gasteiger partial charge in [-0.05, 0) is 17.7 Å². The zero-order valence-electron chi connectivity index (χ0n) is 10.7. The Bertz CT molecular complexity index is 594. The Hall–Kier alpha value is -2.24. The van der Waals surface area contributed by atoms with Crippen LogP contribution >= 0.6 is 0 Å². The van der Waals surface area contributed by atoms with Crippen LogP contribution in [0.1, 0.15) is 25.8 Å². The van der Waals surface area contributed by atoms with Crippen LogP contribution in [0.15, 0.2) is 30.9 Å². The molecule has 0 saturated carbocycles. The number of benzene rings is 1. The van der Waals surface area contributed by atoms with Crippen LogP contribution in [-0.2, 0) is 10.2 Å². The van der Waals surface area contributed by atoms with Crippen molar-refractivity contribution in [1.82, 2.24) is 14.8 Å². The molecular formula is C13H14FN3O2. The van der Waals surface area contributed by atoms with E-state index in [4.69, 9.17) is 5.11 Å². The fourth-order valence-corrected chi connectivity index (χ4v) is 1.93. The lowest BCUT2D eigenvalue weighted by Crippen LogP contribution is -2.22. The summed E-state index contributed by atoms with van der Waals surface area (Å²) in [6.45, 7) is 3.54. The second kappa shape index (κ2) is 4.79. The predicted octanol–water partition coefficient (Wildman–Crippen LogP) is 2.16. The van der Waals surface area contributed by atoms with E-state index < -0.39 is 17.2 Å². The molecule has 0 unspecified atom stereocenters. The minimum Gasteiger partial charge on any atom is -0.481 e. The van der Waals surface area contributed by atoms with Crippen LogP contribution in [0.25, 0.3) is 5.69 Å². The molecule has 1 heterocycles. The smallest absolute Gasteiger partial charge is 0.304 e. The highest BCUT2D eigenvalue weighted by atomic mass is 19.1. The van der Waals surface area contributed by atoms with E-state index in [-0.39, 0.29) is 12.1 Å². The van der Waals surface area contributed by atoms with Gasteiger partial charge in [0.05, 0.1) is 6.42 Å². The summed E-state index contributed by atoms with van der Waals surface area (Å²) in [7, 11) is 0. The summed E-state index contributed by atoms with van der Waals surface area (Å²) in [5.41, 5.74) is 0.289. The van der Waals surface area contributed by atoms with Crippen LogP contribution < -0.4 is 0 Å². The third-order valence-corrected chi connectivity index (χ3v) is 2.99. The molecule has 0 atom stereocenters. The first-order chi connectivity index (χ1) is 8.90. The van der Waals surface area contributed by atoms with Gasteiger partial charge in [0.15, 0.2) is 0 Å². The zero-order chi connectivity index (χ0) is 14.0. The largest absolute Gasteiger partial charge is 0.481 e. The van der Waals surface area contributed by atoms with E-state index in [1.807, 2.05) is 0 Å². The SMILES string of the molecule is CC(C)(CC(=O)O)c1ccc(-n2cncn2)c(F)c1. The summed E-state index contributed by atoms with van der Waals surface area (Å²) >= 11 is 0. The summed E-state index contributed by atoms with van der Waals surface area (Å²) in [5, 5.41) is 12.7. The van der Waals surface area contributed by atoms with Gasteiger partial charge in [-0.2, -0.15) is 5.10 Å². The van der Waals surface area contributed by atoms with Gasteiger partial charge in [0.2, 0.25) is 0 Å². The molecule has 1 aromatic carbocycles. The van der Waals surface area contributed by atoms with Gasteiger partial charge in [-0.3, -0.25) is 4.79 Å². The first-order valence-electron chi connectivity index (χ1n) is 5.77. The number of rotatable bonds is 4. The lowest BCUT2D eigenvalue weighted by molar-refractivity contribution is -0.138. The Morgan fingerprint density at radius 1 is 1.47 bits per heavy atom. The standard InChI is InChI=1S/C13H14FN3O2/c1-13(2,6-12(18)19)9-3-4-11(10(14)5-9)17-8-15-7-16-17/h3-5,7-8H,6H2,1-2H3,(H,18,19). The van der Waals surface area contributed by atoms with Crippen LogP contribution in [-0.4, -0.2) is 25.8 Å². The topological polar surface area (TPSA) is 68.0 Å². The van der Waals surface area contributed by atoms with E-state index >= 15 is 0 Å². The number of nitrogens with zero attached hydrogens (tertiary/aromatic N) is 3. The number of carboxylic acids is 1. The normalized spacial score (nSPS) is 11.5. The molecule has 0 radical (unpaired) electrons. The average Bonchev–Trinajstić information content (AvgIpc) is 2.80. The number of carboxylic acid groups (broad SMARTS) is 1. The molecular weight excluding hydrogens is 249 g/mol. The van der Waals surface area contributed by atoms with E-state index in [1.54, 1.807) is 26.0 Å². The van der Waals surface area contributed by atoms with Crippen molar-refractivity contribution in [1.29, 1.82) is 0 Å². The van der Waals surface area contributed by atoms with Gasteiger partial charge >= 0.3 is 5.97 Å². The Labute approximate surface area is 109 Å². The highest BCUT2D eigenvalue weighted by Gasteiger charge is 2.25. The van der Waals surface area contributed by atoms with E-state index in [1.165, 1.54) is 23.4 Å². The second-order valence-electron chi connectivity index (χ2n) is 4.96. The summed E-state index contributed by atoms with van der Waals surface area (Å²) in [6.07, 6.45) is 2.66. The molecule has 0 fully saturated rings. The fraction of sp³-hybridized carbons (Fsp3) is 0.308. The molecule has 0 aliphatic heterocycles. The van der Waals surface area contributed by atoms with Crippen molar-refractivity contribution in [3.63, 3.8) is 0 Å². The monoisotopic (exact) mass is 263 g/mol. The average molecular weight is 263 g/mol. The van der Waals surface area contributed by atoms with Gasteiger partial charge in [-0.15, -0.1) is 0 Å². The Kier molecular flexibility index (Phi) is 3.33. The van der Waals surface area contributed by atoms with Gasteiger partial charge in [-0.1, -0.05) is 19.9 Å². The lowest BCUT2D eigenvalue weighted by atomic mass is 9.81. The third kappa shape index (κ3) is 2.78. The molecule has 0 spiro atoms. The molecule has 5 nitrogen and oxygen atoms in total. The van der Waals surface area contributed by atoms with Crippen molar-refractivity contribution in [2.75, 3.05) is 0 Å². The molecule has 1 N–H and O–H groups in total. The van der Waals surface area contributed by atoms with E-state index in [2.05, 4.69) is 10.1 Å². The minimum atomic E-state index is -0.911. The van der Waals surface area contributed by atoms with Crippen LogP contribution in [0, 0.1) is 5.82 Å². The predicted molar refractivity (Wildman–Crippen MR) is 66.6 cm³/mol. The van der Waals surface area contributed by atoms with Gasteiger partial charge < -0.3 is 5.11 Å². The van der Waals surface area contributed by atoms with Crippen molar-refractivity contribution in [3.05, 3.63) is 42.2 Å². The molecule has 2 rings (SSSR count). The number of hydrogen-bond acceptors (Lipinski definition) is 3. The molecule has 0 bridgehead atoms. The van der Waals surface area contributed by atoms with Gasteiger partial charge in [0.25, 0.3) is 0 Å². The first kappa shape index (κ1) is 13.2. The quantitative estimate of drug-likeness (QED) is 0.917. The number of hydrogen-bond donors (Lipinski definition) is 1. The minimum absolute atomic E-state index is 0.0604. The summed E-state index contributed by atoms with van der Waals surface area (Å²) in [6, 6.07) is 4.63. The van der Waals surface area contributed by atoms with Crippen molar-refractivity contribution in [2.45, 2.75) is 25.7 Å². The summed E-state index contributed by atoms with van der Waals surface area (Å²) in [4.78, 5) is 14.6. The van der Waals surface area contributed by atoms with Crippen molar-refractivity contribution < 1.29 is 14.3 Å². The Morgan fingerprint density at radius 2 is 2.21 bits per heavy atom. The van der Waals surface area contributed by atoms with E-state index in [0.717, 1.165) is 0 Å². The molecule has 6 heteroatoms. The Balaban J connectivity index is 2.36. The van der Waals surface area contributed by atoms with Crippen LogP contribution in [0.5, 0.6) is 0 Å². The van der Waals surface area contributed by atoms with Gasteiger partial charge in [-0.25, -0.2) is 14.1 Å². The van der Waals surface area contributed by atoms with Crippen molar-refractivity contribution in [2.24, 2.45) is 0 Å². The molecule has 0 aliphatic carbocycles. The fourth-order valence-electron chi connectivity index (χ4n) is 1.93. The second-order valence-corrected chi connectivity index (χ2v) is 4.96. The summed E-state index contributed by atoms with van der Waals surface area (Å²) in [5.74, 6) is -1.37. The van der Waals surface area contributed by atoms with Crippen LogP contribution in [0.2, 0.25) is 0 Å². The van der Waals surface area contributed by atoms with Crippen LogP contribution in [0.4, 0.5) is 4.39 Å². The highest BCUT2D eigenvalue weighted by molar-refractivity contribution is 5.69. The Morgan fingerprint density at radius 3 is 2.74 bits per heavy atom. The lowest BCUT2D eigenvalue weighted by Gasteiger charge is -2.23. The molecule has 0 saturated heterocycles. The number of aromatic nitrogens is 3. The van der Waals surface area contributed by atoms with Crippen LogP contribution in [0.3, 0.4) is 0 Å². The van der Waals surface area contributed by atoms with E-state index in [0.29, 0.717) is 5.56 Å².